The van der Waals surface area contributed by atoms with E-state index in [1.807, 2.05) is 0 Å². The molecule has 11 nitrogen and oxygen atoms in total. The number of hydrogen-bond donors (Lipinski definition) is 0. The molecule has 5 rings (SSSR count). The van der Waals surface area contributed by atoms with Crippen molar-refractivity contribution in [1.29, 1.82) is 0 Å². The Kier molecular flexibility index (Phi) is 6.64. The number of amides is 1. The number of halogens is 1. The first-order valence-corrected chi connectivity index (χ1v) is 15.3. The largest absolute Gasteiger partial charge is 0.449 e. The second-order valence-electron chi connectivity index (χ2n) is 9.44. The molecule has 14 heteroatoms. The van der Waals surface area contributed by atoms with Crippen LogP contribution in [0, 0.1) is 11.7 Å². The van der Waals surface area contributed by atoms with Gasteiger partial charge in [-0.2, -0.15) is 5.10 Å². The average Bonchev–Trinajstić information content (AvgIpc) is 3.59. The van der Waals surface area contributed by atoms with E-state index in [9.17, 15) is 26.0 Å². The molecule has 0 unspecified atom stereocenters. The van der Waals surface area contributed by atoms with Crippen LogP contribution in [0.2, 0.25) is 0 Å². The van der Waals surface area contributed by atoms with E-state index < -0.39 is 36.8 Å². The van der Waals surface area contributed by atoms with Crippen LogP contribution in [-0.4, -0.2) is 78.8 Å². The standard InChI is InChI=1S/C23H26FN5O6S2/c1-36(31,32)17-4-5-20(19(24)12-17)29-21-18(13-27-29)22(26-14-25-21)37(33,34)16-6-9-28(10-7-16)23(30)35-11-8-15-2-3-15/h4-5,12-16H,2-3,6-11H2,1H3. The Balaban J connectivity index is 1.35. The van der Waals surface area contributed by atoms with Gasteiger partial charge >= 0.3 is 6.09 Å². The summed E-state index contributed by atoms with van der Waals surface area (Å²) >= 11 is 0. The molecule has 1 saturated heterocycles. The molecule has 2 fully saturated rings. The first-order valence-electron chi connectivity index (χ1n) is 11.9. The maximum absolute atomic E-state index is 14.8. The number of likely N-dealkylation sites (tertiary alicyclic amines) is 1. The van der Waals surface area contributed by atoms with Gasteiger partial charge in [0, 0.05) is 19.3 Å². The van der Waals surface area contributed by atoms with Gasteiger partial charge in [0.25, 0.3) is 0 Å². The second kappa shape index (κ2) is 9.63. The topological polar surface area (TPSA) is 141 Å². The van der Waals surface area contributed by atoms with Gasteiger partial charge in [-0.25, -0.2) is 40.7 Å². The summed E-state index contributed by atoms with van der Waals surface area (Å²) in [6.07, 6.45) is 6.54. The fourth-order valence-corrected chi connectivity index (χ4v) is 6.86. The van der Waals surface area contributed by atoms with Crippen molar-refractivity contribution in [1.82, 2.24) is 24.6 Å². The first-order chi connectivity index (χ1) is 17.6. The van der Waals surface area contributed by atoms with E-state index in [1.165, 1.54) is 36.1 Å². The lowest BCUT2D eigenvalue weighted by Crippen LogP contribution is -2.43. The minimum Gasteiger partial charge on any atom is -0.449 e. The predicted molar refractivity (Wildman–Crippen MR) is 130 cm³/mol. The van der Waals surface area contributed by atoms with Crippen LogP contribution in [0.4, 0.5) is 9.18 Å². The summed E-state index contributed by atoms with van der Waals surface area (Å²) in [6, 6.07) is 3.36. The normalized spacial score (nSPS) is 17.3. The van der Waals surface area contributed by atoms with Gasteiger partial charge in [0.05, 0.1) is 28.3 Å². The summed E-state index contributed by atoms with van der Waals surface area (Å²) in [5, 5.41) is 3.24. The van der Waals surface area contributed by atoms with Crippen LogP contribution in [0.3, 0.4) is 0 Å². The molecule has 1 aliphatic carbocycles. The highest BCUT2D eigenvalue weighted by atomic mass is 32.2. The molecule has 0 radical (unpaired) electrons. The first kappa shape index (κ1) is 25.5. The van der Waals surface area contributed by atoms with Crippen molar-refractivity contribution in [2.75, 3.05) is 26.0 Å². The molecule has 1 aromatic carbocycles. The number of nitrogens with zero attached hydrogens (tertiary/aromatic N) is 5. The molecular formula is C23H26FN5O6S2. The number of carbonyl (C=O) groups excluding carboxylic acids is 1. The minimum absolute atomic E-state index is 0.0660. The van der Waals surface area contributed by atoms with Crippen molar-refractivity contribution in [3.8, 4) is 5.69 Å². The highest BCUT2D eigenvalue weighted by Gasteiger charge is 2.36. The molecule has 37 heavy (non-hydrogen) atoms. The number of sulfone groups is 2. The van der Waals surface area contributed by atoms with Crippen molar-refractivity contribution in [3.63, 3.8) is 0 Å². The van der Waals surface area contributed by atoms with Gasteiger partial charge in [0.15, 0.2) is 30.3 Å². The SMILES string of the molecule is CS(=O)(=O)c1ccc(-n2ncc3c(S(=O)(=O)C4CCN(C(=O)OCCC5CC5)CC4)ncnc32)c(F)c1. The third-order valence-corrected chi connectivity index (χ3v) is 10.1. The maximum atomic E-state index is 14.8. The van der Waals surface area contributed by atoms with Crippen molar-refractivity contribution < 1.29 is 30.8 Å². The van der Waals surface area contributed by atoms with Crippen molar-refractivity contribution in [2.45, 2.75) is 47.3 Å². The fourth-order valence-electron chi connectivity index (χ4n) is 4.43. The third-order valence-electron chi connectivity index (χ3n) is 6.76. The van der Waals surface area contributed by atoms with Crippen molar-refractivity contribution in [3.05, 3.63) is 36.5 Å². The number of fused-ring (bicyclic) bond motifs is 1. The molecule has 1 saturated carbocycles. The molecule has 0 atom stereocenters. The molecule has 0 N–H and O–H groups in total. The zero-order valence-electron chi connectivity index (χ0n) is 20.1. The van der Waals surface area contributed by atoms with Gasteiger partial charge in [-0.15, -0.1) is 0 Å². The number of rotatable bonds is 7. The maximum Gasteiger partial charge on any atom is 0.409 e. The molecule has 198 valence electrons. The van der Waals surface area contributed by atoms with E-state index in [0.29, 0.717) is 12.5 Å². The summed E-state index contributed by atoms with van der Waals surface area (Å²) in [7, 11) is -7.53. The van der Waals surface area contributed by atoms with Crippen LogP contribution in [0.15, 0.2) is 40.6 Å². The van der Waals surface area contributed by atoms with Crippen molar-refractivity contribution >= 4 is 36.8 Å². The summed E-state index contributed by atoms with van der Waals surface area (Å²) in [5.41, 5.74) is -0.0192. The van der Waals surface area contributed by atoms with Crippen LogP contribution in [-0.2, 0) is 24.4 Å². The van der Waals surface area contributed by atoms with Crippen LogP contribution in [0.1, 0.15) is 32.1 Å². The lowest BCUT2D eigenvalue weighted by Gasteiger charge is -2.30. The van der Waals surface area contributed by atoms with Crippen LogP contribution in [0.25, 0.3) is 16.7 Å². The zero-order chi connectivity index (χ0) is 26.4. The van der Waals surface area contributed by atoms with Gasteiger partial charge in [-0.1, -0.05) is 12.8 Å². The Morgan fingerprint density at radius 2 is 1.84 bits per heavy atom. The third kappa shape index (κ3) is 5.17. The summed E-state index contributed by atoms with van der Waals surface area (Å²) in [6.45, 7) is 0.872. The number of ether oxygens (including phenoxy) is 1. The fraction of sp³-hybridized carbons (Fsp3) is 0.478. The van der Waals surface area contributed by atoms with Gasteiger partial charge in [0.2, 0.25) is 0 Å². The van der Waals surface area contributed by atoms with E-state index in [1.54, 1.807) is 0 Å². The molecule has 3 aromatic rings. The number of piperidine rings is 1. The van der Waals surface area contributed by atoms with Gasteiger partial charge in [-0.3, -0.25) is 0 Å². The van der Waals surface area contributed by atoms with Gasteiger partial charge in [-0.05, 0) is 43.4 Å². The number of benzene rings is 1. The van der Waals surface area contributed by atoms with E-state index >= 15 is 0 Å². The predicted octanol–water partition coefficient (Wildman–Crippen LogP) is 2.53. The van der Waals surface area contributed by atoms with E-state index in [0.717, 1.165) is 29.8 Å². The van der Waals surface area contributed by atoms with Gasteiger partial charge in [0.1, 0.15) is 17.8 Å². The lowest BCUT2D eigenvalue weighted by atomic mass is 10.1. The molecule has 1 amide bonds. The summed E-state index contributed by atoms with van der Waals surface area (Å²) in [5.74, 6) is -0.201. The smallest absolute Gasteiger partial charge is 0.409 e. The Hall–Kier alpha value is -3.13. The molecule has 2 aromatic heterocycles. The Morgan fingerprint density at radius 1 is 1.11 bits per heavy atom. The molecule has 0 spiro atoms. The Morgan fingerprint density at radius 3 is 2.49 bits per heavy atom. The highest BCUT2D eigenvalue weighted by molar-refractivity contribution is 7.92. The van der Waals surface area contributed by atoms with Gasteiger partial charge < -0.3 is 9.64 Å². The lowest BCUT2D eigenvalue weighted by molar-refractivity contribution is 0.0933. The number of hydrogen-bond acceptors (Lipinski definition) is 9. The molecular weight excluding hydrogens is 525 g/mol. The van der Waals surface area contributed by atoms with Crippen molar-refractivity contribution in [2.24, 2.45) is 5.92 Å². The minimum atomic E-state index is -3.92. The number of carbonyl (C=O) groups is 1. The molecule has 3 heterocycles. The Bertz CT molecular complexity index is 1560. The highest BCUT2D eigenvalue weighted by Crippen LogP contribution is 2.32. The number of aromatic nitrogens is 4. The van der Waals surface area contributed by atoms with E-state index in [-0.39, 0.29) is 52.6 Å². The average molecular weight is 552 g/mol. The van der Waals surface area contributed by atoms with E-state index in [4.69, 9.17) is 4.74 Å². The zero-order valence-corrected chi connectivity index (χ0v) is 21.7. The van der Waals surface area contributed by atoms with Crippen LogP contribution < -0.4 is 0 Å². The quantitative estimate of drug-likeness (QED) is 0.405. The Labute approximate surface area is 213 Å². The monoisotopic (exact) mass is 551 g/mol. The van der Waals surface area contributed by atoms with E-state index in [2.05, 4.69) is 15.1 Å². The summed E-state index contributed by atoms with van der Waals surface area (Å²) < 4.78 is 71.7. The molecule has 1 aliphatic heterocycles. The second-order valence-corrected chi connectivity index (χ2v) is 13.6. The molecule has 0 bridgehead atoms. The van der Waals surface area contributed by atoms with Crippen LogP contribution >= 0.6 is 0 Å². The summed E-state index contributed by atoms with van der Waals surface area (Å²) in [4.78, 5) is 21.7. The molecule has 2 aliphatic rings. The van der Waals surface area contributed by atoms with Crippen LogP contribution in [0.5, 0.6) is 0 Å².